The van der Waals surface area contributed by atoms with Crippen LogP contribution in [0, 0.1) is 6.07 Å². The van der Waals surface area contributed by atoms with Gasteiger partial charge in [0.25, 0.3) is 0 Å². The first-order valence-corrected chi connectivity index (χ1v) is 6.22. The Morgan fingerprint density at radius 1 is 0.857 bits per heavy atom. The Morgan fingerprint density at radius 2 is 1.38 bits per heavy atom. The van der Waals surface area contributed by atoms with Crippen LogP contribution in [0.1, 0.15) is 13.8 Å². The summed E-state index contributed by atoms with van der Waals surface area (Å²) < 4.78 is 0. The van der Waals surface area contributed by atoms with Crippen molar-refractivity contribution in [2.75, 3.05) is 10.6 Å². The van der Waals surface area contributed by atoms with E-state index in [1.807, 2.05) is 36.4 Å². The number of rotatable bonds is 3. The summed E-state index contributed by atoms with van der Waals surface area (Å²) in [5.41, 5.74) is 3.40. The fraction of sp³-hybridized carbons (Fsp3) is 0.125. The maximum atomic E-state index is 10.9. The van der Waals surface area contributed by atoms with Crippen LogP contribution in [0.3, 0.4) is 0 Å². The molecule has 0 spiro atoms. The largest absolute Gasteiger partial charge is 1.00 e. The first-order chi connectivity index (χ1) is 9.54. The molecule has 4 nitrogen and oxygen atoms in total. The fourth-order valence-electron chi connectivity index (χ4n) is 1.82. The number of carbonyl (C=O) groups is 2. The smallest absolute Gasteiger partial charge is 0.367 e. The van der Waals surface area contributed by atoms with Crippen molar-refractivity contribution in [3.05, 3.63) is 48.5 Å². The molecule has 2 N–H and O–H groups in total. The van der Waals surface area contributed by atoms with Gasteiger partial charge in [0.05, 0.1) is 0 Å². The zero-order chi connectivity index (χ0) is 14.5. The zero-order valence-electron chi connectivity index (χ0n) is 12.4. The summed E-state index contributed by atoms with van der Waals surface area (Å²) in [4.78, 5) is 21.9. The molecule has 0 aliphatic carbocycles. The van der Waals surface area contributed by atoms with Gasteiger partial charge in [0.1, 0.15) is 0 Å². The van der Waals surface area contributed by atoms with Crippen molar-refractivity contribution in [2.24, 2.45) is 0 Å². The van der Waals surface area contributed by atoms with Crippen molar-refractivity contribution >= 4 is 23.2 Å². The number of hydrogen-bond donors (Lipinski definition) is 2. The molecule has 21 heavy (non-hydrogen) atoms. The van der Waals surface area contributed by atoms with Crippen molar-refractivity contribution in [1.29, 1.82) is 0 Å². The third-order valence-electron chi connectivity index (χ3n) is 2.65. The van der Waals surface area contributed by atoms with Gasteiger partial charge in [-0.1, -0.05) is 17.7 Å². The van der Waals surface area contributed by atoms with E-state index in [4.69, 9.17) is 0 Å². The van der Waals surface area contributed by atoms with E-state index in [1.165, 1.54) is 13.8 Å². The molecule has 2 rings (SSSR count). The first kappa shape index (κ1) is 17.0. The Balaban J connectivity index is 0.00000220. The third kappa shape index (κ3) is 5.11. The molecule has 0 fully saturated rings. The molecule has 102 valence electrons. The summed E-state index contributed by atoms with van der Waals surface area (Å²) in [5, 5.41) is 5.41. The van der Waals surface area contributed by atoms with Crippen molar-refractivity contribution in [2.45, 2.75) is 13.8 Å². The van der Waals surface area contributed by atoms with Gasteiger partial charge >= 0.3 is 18.9 Å². The van der Waals surface area contributed by atoms with E-state index in [9.17, 15) is 9.59 Å². The molecule has 2 aromatic rings. The molecule has 0 atom stereocenters. The third-order valence-corrected chi connectivity index (χ3v) is 2.65. The second kappa shape index (κ2) is 7.68. The summed E-state index contributed by atoms with van der Waals surface area (Å²) in [5.74, 6) is -0.199. The monoisotopic (exact) mass is 274 g/mol. The van der Waals surface area contributed by atoms with Crippen LogP contribution < -0.4 is 29.5 Å². The van der Waals surface area contributed by atoms with E-state index < -0.39 is 0 Å². The number of anilines is 2. The maximum Gasteiger partial charge on any atom is 1.00 e. The van der Waals surface area contributed by atoms with Crippen LogP contribution >= 0.6 is 0 Å². The second-order valence-corrected chi connectivity index (χ2v) is 4.43. The van der Waals surface area contributed by atoms with Crippen molar-refractivity contribution in [3.63, 3.8) is 0 Å². The van der Waals surface area contributed by atoms with Crippen LogP contribution in [0.2, 0.25) is 0 Å². The van der Waals surface area contributed by atoms with Gasteiger partial charge in [0.15, 0.2) is 0 Å². The topological polar surface area (TPSA) is 58.2 Å². The van der Waals surface area contributed by atoms with Gasteiger partial charge in [-0.3, -0.25) is 9.59 Å². The average Bonchev–Trinajstić information content (AvgIpc) is 2.39. The molecule has 0 radical (unpaired) electrons. The van der Waals surface area contributed by atoms with Crippen molar-refractivity contribution < 1.29 is 28.4 Å². The van der Waals surface area contributed by atoms with Gasteiger partial charge in [-0.25, -0.2) is 0 Å². The number of nitrogens with one attached hydrogen (secondary N) is 2. The summed E-state index contributed by atoms with van der Waals surface area (Å²) >= 11 is 0. The minimum atomic E-state index is -0.106. The molecule has 0 saturated heterocycles. The van der Waals surface area contributed by atoms with Gasteiger partial charge in [-0.05, 0) is 17.8 Å². The average molecular weight is 274 g/mol. The van der Waals surface area contributed by atoms with Crippen LogP contribution in [-0.4, -0.2) is 11.8 Å². The normalized spacial score (nSPS) is 9.43. The van der Waals surface area contributed by atoms with E-state index in [0.29, 0.717) is 0 Å². The van der Waals surface area contributed by atoms with Gasteiger partial charge in [-0.2, -0.15) is 0 Å². The summed E-state index contributed by atoms with van der Waals surface area (Å²) in [6, 6.07) is 16.1. The molecular weight excluding hydrogens is 259 g/mol. The maximum absolute atomic E-state index is 10.9. The van der Waals surface area contributed by atoms with Gasteiger partial charge < -0.3 is 10.6 Å². The van der Waals surface area contributed by atoms with Crippen LogP contribution in [0.15, 0.2) is 42.5 Å². The molecule has 0 unspecified atom stereocenters. The SMILES string of the molecule is CC(=O)Nc1c[c-]c(-c2ccc(NC(C)=O)cc2)cc1.[Li+]. The van der Waals surface area contributed by atoms with Gasteiger partial charge in [-0.15, -0.1) is 29.8 Å². The fourth-order valence-corrected chi connectivity index (χ4v) is 1.82. The predicted octanol–water partition coefficient (Wildman–Crippen LogP) is 0.0746. The standard InChI is InChI=1S/C16H15N2O2.Li/c1-11(19)17-15-7-3-13(4-8-15)14-5-9-16(10-6-14)18-12(2)20;/h3-5,7-10H,1-2H3,(H,17,19)(H,18,20);/q-1;+1. The quantitative estimate of drug-likeness (QED) is 0.615. The Morgan fingerprint density at radius 3 is 1.86 bits per heavy atom. The van der Waals surface area contributed by atoms with Crippen molar-refractivity contribution in [3.8, 4) is 11.1 Å². The number of hydrogen-bond acceptors (Lipinski definition) is 2. The van der Waals surface area contributed by atoms with E-state index >= 15 is 0 Å². The number of amides is 2. The first-order valence-electron chi connectivity index (χ1n) is 6.22. The Hall–Kier alpha value is -2.02. The van der Waals surface area contributed by atoms with E-state index in [2.05, 4.69) is 16.7 Å². The molecule has 0 bridgehead atoms. The van der Waals surface area contributed by atoms with Crippen molar-refractivity contribution in [1.82, 2.24) is 0 Å². The molecule has 0 heterocycles. The Kier molecular flexibility index (Phi) is 6.23. The minimum absolute atomic E-state index is 0. The Labute approximate surface area is 136 Å². The number of carbonyl (C=O) groups excluding carboxylic acids is 2. The predicted molar refractivity (Wildman–Crippen MR) is 79.3 cm³/mol. The van der Waals surface area contributed by atoms with Crippen LogP contribution in [0.25, 0.3) is 11.1 Å². The second-order valence-electron chi connectivity index (χ2n) is 4.43. The molecule has 0 aliphatic rings. The van der Waals surface area contributed by atoms with Crippen LogP contribution in [0.5, 0.6) is 0 Å². The zero-order valence-corrected chi connectivity index (χ0v) is 12.4. The number of benzene rings is 2. The molecule has 0 aliphatic heterocycles. The Bertz CT molecular complexity index is 564. The summed E-state index contributed by atoms with van der Waals surface area (Å²) in [7, 11) is 0. The molecular formula is C16H15LiN2O2. The molecule has 0 saturated carbocycles. The van der Waals surface area contributed by atoms with Gasteiger partial charge in [0.2, 0.25) is 11.8 Å². The van der Waals surface area contributed by atoms with Gasteiger partial charge in [0, 0.05) is 19.5 Å². The molecule has 5 heteroatoms. The van der Waals surface area contributed by atoms with Crippen LogP contribution in [0.4, 0.5) is 11.4 Å². The van der Waals surface area contributed by atoms with Crippen LogP contribution in [-0.2, 0) is 9.59 Å². The molecule has 0 aromatic heterocycles. The van der Waals surface area contributed by atoms with E-state index in [0.717, 1.165) is 22.5 Å². The summed E-state index contributed by atoms with van der Waals surface area (Å²) in [6.07, 6.45) is 0. The minimum Gasteiger partial charge on any atom is -0.367 e. The molecule has 2 aromatic carbocycles. The van der Waals surface area contributed by atoms with E-state index in [-0.39, 0.29) is 30.7 Å². The summed E-state index contributed by atoms with van der Waals surface area (Å²) in [6.45, 7) is 2.94. The van der Waals surface area contributed by atoms with E-state index in [1.54, 1.807) is 6.07 Å². The molecule has 2 amide bonds.